The van der Waals surface area contributed by atoms with E-state index in [1.54, 1.807) is 42.5 Å². The Morgan fingerprint density at radius 2 is 1.89 bits per heavy atom. The minimum atomic E-state index is -0.407. The fourth-order valence-corrected chi connectivity index (χ4v) is 2.63. The summed E-state index contributed by atoms with van der Waals surface area (Å²) in [6.07, 6.45) is 2.27. The standard InChI is InChI=1S/C20H13N3O4/c24-12-15-5-1-2-8-16(15)13-6-3-7-14(11-13)18(25)21-20-23-22-19(27-20)17-9-4-10-26-17/h1-12H,(H,21,23,25). The van der Waals surface area contributed by atoms with E-state index in [4.69, 9.17) is 8.83 Å². The molecule has 0 unspecified atom stereocenters. The van der Waals surface area contributed by atoms with E-state index in [1.165, 1.54) is 6.26 Å². The molecular weight excluding hydrogens is 346 g/mol. The van der Waals surface area contributed by atoms with Gasteiger partial charge < -0.3 is 8.83 Å². The lowest BCUT2D eigenvalue weighted by atomic mass is 9.98. The second-order valence-electron chi connectivity index (χ2n) is 5.63. The Bertz CT molecular complexity index is 1100. The molecule has 0 spiro atoms. The molecule has 2 aromatic heterocycles. The summed E-state index contributed by atoms with van der Waals surface area (Å²) in [5.41, 5.74) is 2.45. The minimum absolute atomic E-state index is 0.0369. The molecule has 0 saturated heterocycles. The summed E-state index contributed by atoms with van der Waals surface area (Å²) >= 11 is 0. The van der Waals surface area contributed by atoms with Crippen LogP contribution in [0.15, 0.2) is 75.8 Å². The number of aldehydes is 1. The van der Waals surface area contributed by atoms with Crippen LogP contribution >= 0.6 is 0 Å². The Kier molecular flexibility index (Phi) is 4.32. The highest BCUT2D eigenvalue weighted by atomic mass is 16.4. The third kappa shape index (κ3) is 3.38. The lowest BCUT2D eigenvalue weighted by Crippen LogP contribution is -2.12. The summed E-state index contributed by atoms with van der Waals surface area (Å²) in [5.74, 6) is 0.175. The van der Waals surface area contributed by atoms with Crippen molar-refractivity contribution in [3.63, 3.8) is 0 Å². The van der Waals surface area contributed by atoms with Crippen molar-refractivity contribution in [2.75, 3.05) is 5.32 Å². The van der Waals surface area contributed by atoms with Gasteiger partial charge in [0.05, 0.1) is 6.26 Å². The van der Waals surface area contributed by atoms with Crippen molar-refractivity contribution in [3.05, 3.63) is 78.1 Å². The van der Waals surface area contributed by atoms with Crippen molar-refractivity contribution >= 4 is 18.2 Å². The highest BCUT2D eigenvalue weighted by Crippen LogP contribution is 2.24. The number of hydrogen-bond donors (Lipinski definition) is 1. The van der Waals surface area contributed by atoms with Gasteiger partial charge in [-0.25, -0.2) is 0 Å². The van der Waals surface area contributed by atoms with E-state index in [0.29, 0.717) is 16.9 Å². The first-order valence-electron chi connectivity index (χ1n) is 8.08. The summed E-state index contributed by atoms with van der Waals surface area (Å²) in [6, 6.07) is 17.4. The van der Waals surface area contributed by atoms with Crippen LogP contribution in [-0.2, 0) is 0 Å². The highest BCUT2D eigenvalue weighted by Gasteiger charge is 2.15. The molecule has 0 fully saturated rings. The number of carbonyl (C=O) groups is 2. The van der Waals surface area contributed by atoms with Gasteiger partial charge in [-0.05, 0) is 35.4 Å². The molecule has 0 aliphatic carbocycles. The Balaban J connectivity index is 1.57. The van der Waals surface area contributed by atoms with Gasteiger partial charge in [-0.1, -0.05) is 41.5 Å². The summed E-state index contributed by atoms with van der Waals surface area (Å²) in [4.78, 5) is 23.8. The first kappa shape index (κ1) is 16.5. The summed E-state index contributed by atoms with van der Waals surface area (Å²) in [7, 11) is 0. The highest BCUT2D eigenvalue weighted by molar-refractivity contribution is 6.04. The van der Waals surface area contributed by atoms with Gasteiger partial charge in [-0.2, -0.15) is 0 Å². The number of anilines is 1. The molecule has 0 bridgehead atoms. The van der Waals surface area contributed by atoms with E-state index in [2.05, 4.69) is 15.5 Å². The zero-order chi connectivity index (χ0) is 18.6. The van der Waals surface area contributed by atoms with Gasteiger partial charge in [-0.15, -0.1) is 5.10 Å². The lowest BCUT2D eigenvalue weighted by Gasteiger charge is -2.07. The Labute approximate surface area is 153 Å². The number of carbonyl (C=O) groups excluding carboxylic acids is 2. The van der Waals surface area contributed by atoms with Gasteiger partial charge in [0.1, 0.15) is 0 Å². The number of hydrogen-bond acceptors (Lipinski definition) is 6. The lowest BCUT2D eigenvalue weighted by molar-refractivity contribution is 0.102. The van der Waals surface area contributed by atoms with Crippen LogP contribution in [0.3, 0.4) is 0 Å². The molecule has 1 amide bonds. The van der Waals surface area contributed by atoms with E-state index >= 15 is 0 Å². The van der Waals surface area contributed by atoms with Crippen LogP contribution in [0.5, 0.6) is 0 Å². The zero-order valence-electron chi connectivity index (χ0n) is 14.0. The molecule has 0 aliphatic heterocycles. The molecule has 4 aromatic rings. The molecule has 0 radical (unpaired) electrons. The van der Waals surface area contributed by atoms with E-state index in [0.717, 1.165) is 17.4 Å². The number of nitrogens with one attached hydrogen (secondary N) is 1. The van der Waals surface area contributed by atoms with Crippen molar-refractivity contribution in [1.29, 1.82) is 0 Å². The monoisotopic (exact) mass is 359 g/mol. The topological polar surface area (TPSA) is 98.2 Å². The SMILES string of the molecule is O=Cc1ccccc1-c1cccc(C(=O)Nc2nnc(-c3ccco3)o2)c1. The summed E-state index contributed by atoms with van der Waals surface area (Å²) in [6.45, 7) is 0. The molecule has 7 nitrogen and oxygen atoms in total. The molecule has 0 atom stereocenters. The maximum absolute atomic E-state index is 12.5. The second kappa shape index (κ2) is 7.09. The zero-order valence-corrected chi connectivity index (χ0v) is 14.0. The molecule has 27 heavy (non-hydrogen) atoms. The van der Waals surface area contributed by atoms with E-state index in [-0.39, 0.29) is 11.9 Å². The second-order valence-corrected chi connectivity index (χ2v) is 5.63. The number of aromatic nitrogens is 2. The normalized spacial score (nSPS) is 10.5. The Hall–Kier alpha value is -4.00. The quantitative estimate of drug-likeness (QED) is 0.540. The number of benzene rings is 2. The van der Waals surface area contributed by atoms with Crippen molar-refractivity contribution < 1.29 is 18.4 Å². The van der Waals surface area contributed by atoms with Crippen molar-refractivity contribution in [2.45, 2.75) is 0 Å². The third-order valence-electron chi connectivity index (χ3n) is 3.90. The predicted molar refractivity (Wildman–Crippen MR) is 97.2 cm³/mol. The molecule has 2 heterocycles. The molecule has 132 valence electrons. The van der Waals surface area contributed by atoms with Gasteiger partial charge in [0.25, 0.3) is 11.8 Å². The van der Waals surface area contributed by atoms with Crippen molar-refractivity contribution in [1.82, 2.24) is 10.2 Å². The van der Waals surface area contributed by atoms with E-state index < -0.39 is 5.91 Å². The van der Waals surface area contributed by atoms with Crippen molar-refractivity contribution in [3.8, 4) is 22.8 Å². The molecular formula is C20H13N3O4. The number of nitrogens with zero attached hydrogens (tertiary/aromatic N) is 2. The predicted octanol–water partition coefficient (Wildman–Crippen LogP) is 4.06. The largest absolute Gasteiger partial charge is 0.459 e. The average molecular weight is 359 g/mol. The molecule has 4 rings (SSSR count). The molecule has 7 heteroatoms. The first-order chi connectivity index (χ1) is 13.2. The van der Waals surface area contributed by atoms with Crippen molar-refractivity contribution in [2.24, 2.45) is 0 Å². The maximum Gasteiger partial charge on any atom is 0.322 e. The molecule has 0 aliphatic rings. The molecule has 1 N–H and O–H groups in total. The van der Waals surface area contributed by atoms with Crippen LogP contribution in [0.2, 0.25) is 0 Å². The minimum Gasteiger partial charge on any atom is -0.459 e. The van der Waals surface area contributed by atoms with Crippen LogP contribution in [0.1, 0.15) is 20.7 Å². The maximum atomic E-state index is 12.5. The average Bonchev–Trinajstić information content (AvgIpc) is 3.40. The number of furan rings is 1. The van der Waals surface area contributed by atoms with Crippen LogP contribution in [0, 0.1) is 0 Å². The van der Waals surface area contributed by atoms with Crippen LogP contribution in [0.25, 0.3) is 22.8 Å². The number of rotatable bonds is 5. The van der Waals surface area contributed by atoms with Crippen LogP contribution in [0.4, 0.5) is 6.01 Å². The van der Waals surface area contributed by atoms with Gasteiger partial charge in [0.2, 0.25) is 0 Å². The smallest absolute Gasteiger partial charge is 0.322 e. The fraction of sp³-hybridized carbons (Fsp3) is 0. The fourth-order valence-electron chi connectivity index (χ4n) is 2.63. The first-order valence-corrected chi connectivity index (χ1v) is 8.08. The number of amides is 1. The third-order valence-corrected chi connectivity index (χ3v) is 3.90. The Morgan fingerprint density at radius 1 is 1.00 bits per heavy atom. The Morgan fingerprint density at radius 3 is 2.70 bits per heavy atom. The van der Waals surface area contributed by atoms with Gasteiger partial charge >= 0.3 is 6.01 Å². The summed E-state index contributed by atoms with van der Waals surface area (Å²) in [5, 5.41) is 10.2. The van der Waals surface area contributed by atoms with E-state index in [1.807, 2.05) is 18.2 Å². The molecule has 0 saturated carbocycles. The summed E-state index contributed by atoms with van der Waals surface area (Å²) < 4.78 is 10.5. The van der Waals surface area contributed by atoms with Gasteiger partial charge in [0, 0.05) is 11.1 Å². The molecule has 2 aromatic carbocycles. The van der Waals surface area contributed by atoms with Crippen LogP contribution < -0.4 is 5.32 Å². The van der Waals surface area contributed by atoms with Gasteiger partial charge in [0.15, 0.2) is 12.0 Å². The van der Waals surface area contributed by atoms with Crippen LogP contribution in [-0.4, -0.2) is 22.4 Å². The van der Waals surface area contributed by atoms with Gasteiger partial charge in [-0.3, -0.25) is 14.9 Å². The van der Waals surface area contributed by atoms with E-state index in [9.17, 15) is 9.59 Å².